The van der Waals surface area contributed by atoms with Crippen LogP contribution in [0.3, 0.4) is 0 Å². The number of aromatic nitrogens is 3. The summed E-state index contributed by atoms with van der Waals surface area (Å²) >= 11 is 1.85. The van der Waals surface area contributed by atoms with Crippen LogP contribution in [0.5, 0.6) is 0 Å². The van der Waals surface area contributed by atoms with E-state index in [0.717, 1.165) is 51.2 Å². The van der Waals surface area contributed by atoms with E-state index in [-0.39, 0.29) is 0 Å². The lowest BCUT2D eigenvalue weighted by atomic mass is 9.80. The summed E-state index contributed by atoms with van der Waals surface area (Å²) in [7, 11) is 0. The molecule has 2 heterocycles. The first kappa shape index (κ1) is 34.3. The molecule has 3 nitrogen and oxygen atoms in total. The monoisotopic (exact) mass is 759 g/mol. The van der Waals surface area contributed by atoms with Gasteiger partial charge in [0.25, 0.3) is 0 Å². The number of fused-ring (bicyclic) bond motifs is 6. The predicted molar refractivity (Wildman–Crippen MR) is 243 cm³/mol. The lowest BCUT2D eigenvalue weighted by molar-refractivity contribution is 0.878. The van der Waals surface area contributed by atoms with E-state index in [1.807, 2.05) is 11.3 Å². The number of nitrogens with zero attached hydrogens (tertiary/aromatic N) is 3. The summed E-state index contributed by atoms with van der Waals surface area (Å²) in [4.78, 5) is 0. The van der Waals surface area contributed by atoms with Crippen LogP contribution in [-0.2, 0) is 6.42 Å². The molecule has 0 saturated carbocycles. The molecule has 0 bridgehead atoms. The van der Waals surface area contributed by atoms with E-state index in [4.69, 9.17) is 10.2 Å². The Morgan fingerprint density at radius 2 is 1.03 bits per heavy atom. The van der Waals surface area contributed by atoms with E-state index in [1.54, 1.807) is 0 Å². The molecule has 0 unspecified atom stereocenters. The fourth-order valence-corrected chi connectivity index (χ4v) is 10.3. The number of rotatable bonds is 6. The van der Waals surface area contributed by atoms with Crippen molar-refractivity contribution in [3.8, 4) is 78.1 Å². The van der Waals surface area contributed by atoms with Crippen LogP contribution in [0.1, 0.15) is 22.3 Å². The molecule has 0 aliphatic heterocycles. The minimum absolute atomic E-state index is 0.823. The van der Waals surface area contributed by atoms with E-state index < -0.39 is 0 Å². The summed E-state index contributed by atoms with van der Waals surface area (Å²) in [5.41, 5.74) is 20.6. The van der Waals surface area contributed by atoms with Gasteiger partial charge >= 0.3 is 0 Å². The van der Waals surface area contributed by atoms with Crippen LogP contribution in [0.25, 0.3) is 98.3 Å². The van der Waals surface area contributed by atoms with E-state index in [9.17, 15) is 0 Å². The van der Waals surface area contributed by atoms with E-state index in [1.165, 1.54) is 75.8 Å². The first-order valence-electron chi connectivity index (χ1n) is 19.8. The van der Waals surface area contributed by atoms with Gasteiger partial charge in [-0.05, 0) is 98.8 Å². The molecule has 58 heavy (non-hydrogen) atoms. The van der Waals surface area contributed by atoms with Gasteiger partial charge in [0.05, 0.1) is 0 Å². The van der Waals surface area contributed by atoms with Crippen molar-refractivity contribution in [1.29, 1.82) is 0 Å². The number of benzene rings is 8. The highest BCUT2D eigenvalue weighted by atomic mass is 32.1. The van der Waals surface area contributed by atoms with Crippen LogP contribution >= 0.6 is 11.3 Å². The number of hydrogen-bond donors (Lipinski definition) is 0. The molecule has 10 aromatic rings. The Bertz CT molecular complexity index is 3200. The molecule has 0 N–H and O–H groups in total. The predicted octanol–water partition coefficient (Wildman–Crippen LogP) is 14.4. The normalized spacial score (nSPS) is 11.9. The van der Waals surface area contributed by atoms with Crippen LogP contribution in [-0.4, -0.2) is 15.4 Å². The van der Waals surface area contributed by atoms with Gasteiger partial charge in [0, 0.05) is 48.0 Å². The lowest BCUT2D eigenvalue weighted by Crippen LogP contribution is -2.05. The van der Waals surface area contributed by atoms with Crippen molar-refractivity contribution in [2.75, 3.05) is 0 Å². The van der Waals surface area contributed by atoms with Crippen molar-refractivity contribution in [3.63, 3.8) is 0 Å². The molecular formula is C54H37N3S. The summed E-state index contributed by atoms with van der Waals surface area (Å²) in [6, 6.07) is 63.5. The summed E-state index contributed by atoms with van der Waals surface area (Å²) in [6.07, 6.45) is 0.840. The van der Waals surface area contributed by atoms with Crippen LogP contribution in [0.2, 0.25) is 0 Å². The molecule has 0 amide bonds. The Balaban J connectivity index is 1.32. The zero-order chi connectivity index (χ0) is 38.7. The van der Waals surface area contributed by atoms with Gasteiger partial charge in [-0.1, -0.05) is 164 Å². The fourth-order valence-electron chi connectivity index (χ4n) is 9.22. The summed E-state index contributed by atoms with van der Waals surface area (Å²) < 4.78 is 2.52. The summed E-state index contributed by atoms with van der Waals surface area (Å²) in [6.45, 7) is 4.50. The van der Waals surface area contributed by atoms with Crippen molar-refractivity contribution in [2.45, 2.75) is 20.3 Å². The van der Waals surface area contributed by atoms with Crippen LogP contribution in [0.4, 0.5) is 0 Å². The van der Waals surface area contributed by atoms with E-state index >= 15 is 0 Å². The zero-order valence-electron chi connectivity index (χ0n) is 32.2. The molecule has 11 rings (SSSR count). The Morgan fingerprint density at radius 1 is 0.431 bits per heavy atom. The SMILES string of the molecule is Cc1cc2c(c(-c3c(-c4ccccc4)nnnc3-c3cccc(-c4ccccc4)c3-c3c(-c4ccccc4)ccc4sc5ccccc5c34)c1C)Cc1ccccc1-2. The topological polar surface area (TPSA) is 38.7 Å². The minimum atomic E-state index is 0.823. The van der Waals surface area contributed by atoms with Gasteiger partial charge in [0.1, 0.15) is 11.4 Å². The second-order valence-electron chi connectivity index (χ2n) is 15.2. The fraction of sp³-hybridized carbons (Fsp3) is 0.0556. The lowest BCUT2D eigenvalue weighted by Gasteiger charge is -2.23. The molecule has 0 fully saturated rings. The highest BCUT2D eigenvalue weighted by molar-refractivity contribution is 7.26. The average molecular weight is 760 g/mol. The van der Waals surface area contributed by atoms with E-state index in [2.05, 4.69) is 195 Å². The van der Waals surface area contributed by atoms with Crippen molar-refractivity contribution in [1.82, 2.24) is 15.4 Å². The second-order valence-corrected chi connectivity index (χ2v) is 16.3. The minimum Gasteiger partial charge on any atom is -0.135 e. The number of thiophene rings is 1. The average Bonchev–Trinajstić information content (AvgIpc) is 3.85. The Labute approximate surface area is 342 Å². The van der Waals surface area contributed by atoms with Crippen LogP contribution < -0.4 is 0 Å². The molecule has 2 aromatic heterocycles. The Kier molecular flexibility index (Phi) is 8.19. The standard InChI is InChI=1S/C54H37N3S/c1-33-31-44-39-24-13-12-23-38(39)32-45(44)48(34(33)2)52-53(37-21-10-5-11-22-37)55-57-56-54(52)43-27-16-26-40(35-17-6-3-7-18-35)49(43)51-41(36-19-8-4-9-20-36)29-30-47-50(51)42-25-14-15-28-46(42)58-47/h3-31H,32H2,1-2H3. The molecule has 1 aliphatic carbocycles. The third kappa shape index (κ3) is 5.44. The van der Waals surface area contributed by atoms with Gasteiger partial charge in [-0.15, -0.1) is 21.5 Å². The molecule has 1 aliphatic rings. The van der Waals surface area contributed by atoms with E-state index in [0.29, 0.717) is 0 Å². The van der Waals surface area contributed by atoms with Gasteiger partial charge in [-0.25, -0.2) is 0 Å². The quantitative estimate of drug-likeness (QED) is 0.169. The van der Waals surface area contributed by atoms with Gasteiger partial charge in [-0.2, -0.15) is 0 Å². The maximum absolute atomic E-state index is 5.15. The van der Waals surface area contributed by atoms with Crippen molar-refractivity contribution in [2.24, 2.45) is 0 Å². The first-order chi connectivity index (χ1) is 28.6. The highest BCUT2D eigenvalue weighted by Gasteiger charge is 2.31. The van der Waals surface area contributed by atoms with Crippen molar-refractivity contribution >= 4 is 31.5 Å². The third-order valence-electron chi connectivity index (χ3n) is 12.0. The molecular weight excluding hydrogens is 723 g/mol. The molecule has 4 heteroatoms. The van der Waals surface area contributed by atoms with Crippen LogP contribution in [0, 0.1) is 13.8 Å². The Morgan fingerprint density at radius 3 is 1.79 bits per heavy atom. The van der Waals surface area contributed by atoms with Gasteiger partial charge in [-0.3, -0.25) is 0 Å². The van der Waals surface area contributed by atoms with Gasteiger partial charge < -0.3 is 0 Å². The molecule has 274 valence electrons. The number of hydrogen-bond acceptors (Lipinski definition) is 4. The number of aryl methyl sites for hydroxylation is 1. The highest BCUT2D eigenvalue weighted by Crippen LogP contribution is 2.53. The maximum atomic E-state index is 5.15. The van der Waals surface area contributed by atoms with Crippen molar-refractivity contribution in [3.05, 3.63) is 198 Å². The van der Waals surface area contributed by atoms with Crippen molar-refractivity contribution < 1.29 is 0 Å². The largest absolute Gasteiger partial charge is 0.135 e. The molecule has 0 radical (unpaired) electrons. The zero-order valence-corrected chi connectivity index (χ0v) is 33.0. The first-order valence-corrected chi connectivity index (χ1v) is 20.6. The molecule has 8 aromatic carbocycles. The molecule has 0 saturated heterocycles. The molecule has 0 spiro atoms. The maximum Gasteiger partial charge on any atom is 0.105 e. The summed E-state index contributed by atoms with van der Waals surface area (Å²) in [5.74, 6) is 0. The van der Waals surface area contributed by atoms with Gasteiger partial charge in [0.2, 0.25) is 0 Å². The van der Waals surface area contributed by atoms with Gasteiger partial charge in [0.15, 0.2) is 0 Å². The van der Waals surface area contributed by atoms with Crippen LogP contribution in [0.15, 0.2) is 176 Å². The Hall–Kier alpha value is -7.01. The summed E-state index contributed by atoms with van der Waals surface area (Å²) in [5, 5.41) is 17.2. The smallest absolute Gasteiger partial charge is 0.105 e. The third-order valence-corrected chi connectivity index (χ3v) is 13.1. The second kappa shape index (κ2) is 13.9. The molecule has 0 atom stereocenters.